The van der Waals surface area contributed by atoms with E-state index in [0.717, 1.165) is 0 Å². The summed E-state index contributed by atoms with van der Waals surface area (Å²) < 4.78 is 60.3. The molecule has 9 heteroatoms. The number of hydrogen-bond donors (Lipinski definition) is 1. The molecule has 2 unspecified atom stereocenters. The summed E-state index contributed by atoms with van der Waals surface area (Å²) in [6.07, 6.45) is -3.53. The van der Waals surface area contributed by atoms with Crippen LogP contribution in [0, 0.1) is 0 Å². The van der Waals surface area contributed by atoms with E-state index in [0.29, 0.717) is 0 Å². The first kappa shape index (κ1) is 12.2. The van der Waals surface area contributed by atoms with Crippen LogP contribution in [0.4, 0.5) is 17.6 Å². The van der Waals surface area contributed by atoms with Crippen molar-refractivity contribution in [2.45, 2.75) is 12.3 Å². The van der Waals surface area contributed by atoms with Crippen molar-refractivity contribution in [3.63, 3.8) is 0 Å². The minimum Gasteiger partial charge on any atom is -0.313 e. The van der Waals surface area contributed by atoms with Crippen molar-refractivity contribution in [1.82, 2.24) is 0 Å². The van der Waals surface area contributed by atoms with Crippen LogP contribution in [0.25, 0.3) is 0 Å². The summed E-state index contributed by atoms with van der Waals surface area (Å²) in [5.74, 6) is -4.46. The molecular formula is C3H4ClF4O3P. The summed E-state index contributed by atoms with van der Waals surface area (Å²) in [6.45, 7) is -7.22. The predicted molar refractivity (Wildman–Crippen MR) is 32.6 cm³/mol. The monoisotopic (exact) mass is 230 g/mol. The van der Waals surface area contributed by atoms with Crippen LogP contribution < -0.4 is 0 Å². The van der Waals surface area contributed by atoms with E-state index < -0.39 is 25.9 Å². The summed E-state index contributed by atoms with van der Waals surface area (Å²) in [7, 11) is 0. The fraction of sp³-hybridized carbons (Fsp3) is 1.00. The van der Waals surface area contributed by atoms with Gasteiger partial charge in [0.15, 0.2) is 6.67 Å². The molecule has 0 aliphatic rings. The Hall–Kier alpha value is 0.160. The number of alkyl halides is 4. The lowest BCUT2D eigenvalue weighted by Crippen LogP contribution is -2.33. The zero-order valence-electron chi connectivity index (χ0n) is 5.39. The van der Waals surface area contributed by atoms with Gasteiger partial charge in [-0.2, -0.15) is 8.78 Å². The second-order valence-corrected chi connectivity index (χ2v) is 4.16. The van der Waals surface area contributed by atoms with E-state index in [1.54, 1.807) is 0 Å². The molecule has 0 saturated carbocycles. The van der Waals surface area contributed by atoms with Gasteiger partial charge in [0.2, 0.25) is 0 Å². The summed E-state index contributed by atoms with van der Waals surface area (Å²) >= 11 is 4.38. The largest absolute Gasteiger partial charge is 0.424 e. The molecule has 0 aromatic carbocycles. The van der Waals surface area contributed by atoms with Crippen LogP contribution in [-0.2, 0) is 9.09 Å². The average Bonchev–Trinajstić information content (AvgIpc) is 1.84. The third-order valence-corrected chi connectivity index (χ3v) is 1.42. The molecule has 1 N–H and O–H groups in total. The lowest BCUT2D eigenvalue weighted by Gasteiger charge is -2.17. The minimum absolute atomic E-state index is 2.34. The van der Waals surface area contributed by atoms with Crippen molar-refractivity contribution < 1.29 is 31.5 Å². The van der Waals surface area contributed by atoms with Crippen molar-refractivity contribution in [1.29, 1.82) is 0 Å². The summed E-state index contributed by atoms with van der Waals surface area (Å²) in [5, 5.41) is 0. The SMILES string of the molecule is O=P(O)(Cl)OC(F)C(F)(F)CF. The lowest BCUT2D eigenvalue weighted by molar-refractivity contribution is -0.164. The first-order chi connectivity index (χ1) is 5.19. The predicted octanol–water partition coefficient (Wildman–Crippen LogP) is 2.24. The van der Waals surface area contributed by atoms with E-state index in [1.807, 2.05) is 0 Å². The standard InChI is InChI=1S/C3H4ClF4O3P/c4-12(9,10)11-2(6)3(7,8)1-5/h2H,1H2,(H,9,10). The molecule has 0 amide bonds. The number of rotatable bonds is 4. The molecule has 0 spiro atoms. The van der Waals surface area contributed by atoms with Crippen molar-refractivity contribution in [2.75, 3.05) is 6.67 Å². The Bertz CT molecular complexity index is 194. The van der Waals surface area contributed by atoms with Crippen molar-refractivity contribution in [3.05, 3.63) is 0 Å². The first-order valence-corrected chi connectivity index (χ1v) is 4.96. The van der Waals surface area contributed by atoms with Crippen molar-refractivity contribution >= 4 is 18.2 Å². The zero-order valence-corrected chi connectivity index (χ0v) is 7.04. The lowest BCUT2D eigenvalue weighted by atomic mass is 10.4. The van der Waals surface area contributed by atoms with Gasteiger partial charge in [0, 0.05) is 11.2 Å². The van der Waals surface area contributed by atoms with Crippen LogP contribution in [0.15, 0.2) is 0 Å². The molecule has 0 aromatic rings. The van der Waals surface area contributed by atoms with Gasteiger partial charge in [-0.3, -0.25) is 4.52 Å². The van der Waals surface area contributed by atoms with Gasteiger partial charge in [0.25, 0.3) is 6.36 Å². The van der Waals surface area contributed by atoms with Crippen LogP contribution >= 0.6 is 18.2 Å². The first-order valence-electron chi connectivity index (χ1n) is 2.48. The highest BCUT2D eigenvalue weighted by Gasteiger charge is 2.44. The van der Waals surface area contributed by atoms with Gasteiger partial charge in [-0.1, -0.05) is 0 Å². The fourth-order valence-electron chi connectivity index (χ4n) is 0.252. The Morgan fingerprint density at radius 1 is 1.67 bits per heavy atom. The highest BCUT2D eigenvalue weighted by Crippen LogP contribution is 2.50. The highest BCUT2D eigenvalue weighted by atomic mass is 35.7. The second kappa shape index (κ2) is 3.91. The van der Waals surface area contributed by atoms with Crippen LogP contribution in [-0.4, -0.2) is 23.8 Å². The third kappa shape index (κ3) is 4.25. The molecular weight excluding hydrogens is 226 g/mol. The summed E-state index contributed by atoms with van der Waals surface area (Å²) in [4.78, 5) is 8.05. The molecule has 0 saturated heterocycles. The van der Waals surface area contributed by atoms with Gasteiger partial charge in [-0.15, -0.1) is 0 Å². The van der Waals surface area contributed by atoms with E-state index in [2.05, 4.69) is 15.8 Å². The Labute approximate surface area is 69.6 Å². The Kier molecular flexibility index (Phi) is 3.96. The van der Waals surface area contributed by atoms with Gasteiger partial charge in [-0.05, 0) is 0 Å². The Morgan fingerprint density at radius 3 is 2.33 bits per heavy atom. The summed E-state index contributed by atoms with van der Waals surface area (Å²) in [5.41, 5.74) is 0. The maximum Gasteiger partial charge on any atom is 0.424 e. The van der Waals surface area contributed by atoms with E-state index in [4.69, 9.17) is 4.89 Å². The molecule has 74 valence electrons. The maximum absolute atomic E-state index is 12.0. The number of halogens is 5. The van der Waals surface area contributed by atoms with Crippen LogP contribution in [0.1, 0.15) is 0 Å². The minimum atomic E-state index is -4.88. The molecule has 0 fully saturated rings. The Balaban J connectivity index is 4.22. The fourth-order valence-corrected chi connectivity index (χ4v) is 0.844. The molecule has 0 heterocycles. The molecule has 0 bridgehead atoms. The molecule has 0 aliphatic heterocycles. The van der Waals surface area contributed by atoms with E-state index >= 15 is 0 Å². The quantitative estimate of drug-likeness (QED) is 0.595. The Morgan fingerprint density at radius 2 is 2.08 bits per heavy atom. The smallest absolute Gasteiger partial charge is 0.313 e. The topological polar surface area (TPSA) is 46.5 Å². The van der Waals surface area contributed by atoms with Gasteiger partial charge in [0.05, 0.1) is 0 Å². The van der Waals surface area contributed by atoms with E-state index in [-0.39, 0.29) is 0 Å². The second-order valence-electron chi connectivity index (χ2n) is 1.77. The van der Waals surface area contributed by atoms with Crippen molar-refractivity contribution in [2.24, 2.45) is 0 Å². The molecule has 0 rings (SSSR count). The van der Waals surface area contributed by atoms with Gasteiger partial charge in [0.1, 0.15) is 0 Å². The molecule has 0 aliphatic carbocycles. The van der Waals surface area contributed by atoms with E-state index in [1.165, 1.54) is 0 Å². The normalized spacial score (nSPS) is 20.2. The summed E-state index contributed by atoms with van der Waals surface area (Å²) in [6, 6.07) is 0. The van der Waals surface area contributed by atoms with Crippen LogP contribution in [0.2, 0.25) is 0 Å². The zero-order chi connectivity index (χ0) is 9.99. The molecule has 0 aromatic heterocycles. The third-order valence-electron chi connectivity index (χ3n) is 0.733. The van der Waals surface area contributed by atoms with Gasteiger partial charge in [-0.25, -0.2) is 13.3 Å². The maximum atomic E-state index is 12.0. The molecule has 2 atom stereocenters. The van der Waals surface area contributed by atoms with Crippen LogP contribution in [0.5, 0.6) is 0 Å². The van der Waals surface area contributed by atoms with Crippen molar-refractivity contribution in [3.8, 4) is 0 Å². The highest BCUT2D eigenvalue weighted by molar-refractivity contribution is 7.80. The molecule has 0 radical (unpaired) electrons. The molecule has 12 heavy (non-hydrogen) atoms. The van der Waals surface area contributed by atoms with Gasteiger partial charge >= 0.3 is 12.9 Å². The number of hydrogen-bond acceptors (Lipinski definition) is 2. The van der Waals surface area contributed by atoms with Gasteiger partial charge < -0.3 is 4.89 Å². The van der Waals surface area contributed by atoms with E-state index in [9.17, 15) is 22.1 Å². The average molecular weight is 230 g/mol. The van der Waals surface area contributed by atoms with Crippen LogP contribution in [0.3, 0.4) is 0 Å². The molecule has 3 nitrogen and oxygen atoms in total.